The lowest BCUT2D eigenvalue weighted by molar-refractivity contribution is 0.0801. The van der Waals surface area contributed by atoms with Gasteiger partial charge in [-0.3, -0.25) is 4.79 Å². The van der Waals surface area contributed by atoms with Crippen molar-refractivity contribution in [3.8, 4) is 10.4 Å². The number of benzene rings is 1. The molecule has 0 saturated carbocycles. The van der Waals surface area contributed by atoms with E-state index in [2.05, 4.69) is 5.32 Å². The number of nitrogens with one attached hydrogen (secondary N) is 1. The van der Waals surface area contributed by atoms with Gasteiger partial charge in [-0.2, -0.15) is 0 Å². The zero-order chi connectivity index (χ0) is 15.4. The van der Waals surface area contributed by atoms with Gasteiger partial charge in [-0.25, -0.2) is 0 Å². The molecule has 1 heterocycles. The number of rotatable bonds is 5. The average molecular weight is 323 g/mol. The molecule has 1 N–H and O–H groups in total. The van der Waals surface area contributed by atoms with Crippen LogP contribution in [0.3, 0.4) is 0 Å². The number of halogens is 1. The Bertz CT molecular complexity index is 639. The van der Waals surface area contributed by atoms with Gasteiger partial charge in [0.2, 0.25) is 0 Å². The first-order valence-corrected chi connectivity index (χ1v) is 7.99. The summed E-state index contributed by atoms with van der Waals surface area (Å²) in [5.74, 6) is 0.0617. The summed E-state index contributed by atoms with van der Waals surface area (Å²) in [6.07, 6.45) is 0. The number of nitrogens with zero attached hydrogens (tertiary/aromatic N) is 1. The third-order valence-corrected chi connectivity index (χ3v) is 4.77. The van der Waals surface area contributed by atoms with Gasteiger partial charge >= 0.3 is 0 Å². The highest BCUT2D eigenvalue weighted by atomic mass is 35.5. The molecule has 21 heavy (non-hydrogen) atoms. The lowest BCUT2D eigenvalue weighted by Crippen LogP contribution is -2.32. The van der Waals surface area contributed by atoms with Gasteiger partial charge < -0.3 is 10.2 Å². The Hall–Kier alpha value is -1.36. The molecule has 0 aliphatic carbocycles. The maximum Gasteiger partial charge on any atom is 0.263 e. The number of hydrogen-bond donors (Lipinski definition) is 1. The molecule has 0 saturated heterocycles. The number of carbonyl (C=O) groups is 1. The van der Waals surface area contributed by atoms with Gasteiger partial charge in [-0.15, -0.1) is 11.3 Å². The quantitative estimate of drug-likeness (QED) is 0.911. The summed E-state index contributed by atoms with van der Waals surface area (Å²) in [7, 11) is 3.71. The Kier molecular flexibility index (Phi) is 5.39. The van der Waals surface area contributed by atoms with Crippen molar-refractivity contribution in [2.24, 2.45) is 0 Å². The monoisotopic (exact) mass is 322 g/mol. The van der Waals surface area contributed by atoms with E-state index in [0.717, 1.165) is 27.4 Å². The molecule has 1 aromatic heterocycles. The van der Waals surface area contributed by atoms with E-state index in [1.807, 2.05) is 51.4 Å². The average Bonchev–Trinajstić information content (AvgIpc) is 2.86. The molecular formula is C16H19ClN2OS. The fourth-order valence-corrected chi connectivity index (χ4v) is 3.43. The fraction of sp³-hybridized carbons (Fsp3) is 0.312. The summed E-state index contributed by atoms with van der Waals surface area (Å²) in [6, 6.07) is 9.69. The Balaban J connectivity index is 2.25. The smallest absolute Gasteiger partial charge is 0.263 e. The van der Waals surface area contributed by atoms with Crippen molar-refractivity contribution in [2.75, 3.05) is 27.2 Å². The van der Waals surface area contributed by atoms with E-state index >= 15 is 0 Å². The minimum atomic E-state index is 0.0617. The summed E-state index contributed by atoms with van der Waals surface area (Å²) in [4.78, 5) is 16.0. The Morgan fingerprint density at radius 3 is 2.81 bits per heavy atom. The summed E-state index contributed by atoms with van der Waals surface area (Å²) >= 11 is 7.57. The molecule has 0 atom stereocenters. The highest BCUT2D eigenvalue weighted by Gasteiger charge is 2.17. The minimum absolute atomic E-state index is 0.0617. The van der Waals surface area contributed by atoms with E-state index in [1.54, 1.807) is 4.90 Å². The van der Waals surface area contributed by atoms with Crippen LogP contribution in [0.5, 0.6) is 0 Å². The standard InChI is InChI=1S/C16H19ClN2OS/c1-11-9-14(16(20)19(3)8-7-18-2)21-15(11)12-5-4-6-13(17)10-12/h4-6,9-10,18H,7-8H2,1-3H3. The van der Waals surface area contributed by atoms with Gasteiger partial charge in [0.1, 0.15) is 0 Å². The highest BCUT2D eigenvalue weighted by molar-refractivity contribution is 7.17. The molecule has 3 nitrogen and oxygen atoms in total. The number of amides is 1. The van der Waals surface area contributed by atoms with Crippen LogP contribution in [0.1, 0.15) is 15.2 Å². The molecule has 2 rings (SSSR count). The molecule has 0 unspecified atom stereocenters. The SMILES string of the molecule is CNCCN(C)C(=O)c1cc(C)c(-c2cccc(Cl)c2)s1. The van der Waals surface area contributed by atoms with E-state index in [9.17, 15) is 4.79 Å². The Labute approximate surface area is 134 Å². The van der Waals surface area contributed by atoms with Crippen LogP contribution in [0.15, 0.2) is 30.3 Å². The van der Waals surface area contributed by atoms with E-state index in [0.29, 0.717) is 11.6 Å². The topological polar surface area (TPSA) is 32.3 Å². The first-order chi connectivity index (χ1) is 10.0. The second kappa shape index (κ2) is 7.07. The van der Waals surface area contributed by atoms with Gasteiger partial charge in [-0.1, -0.05) is 23.7 Å². The molecule has 112 valence electrons. The van der Waals surface area contributed by atoms with Crippen LogP contribution < -0.4 is 5.32 Å². The van der Waals surface area contributed by atoms with Gasteiger partial charge in [0, 0.05) is 30.0 Å². The molecule has 0 radical (unpaired) electrons. The van der Waals surface area contributed by atoms with Gasteiger partial charge in [0.25, 0.3) is 5.91 Å². The van der Waals surface area contributed by atoms with Gasteiger partial charge in [-0.05, 0) is 43.3 Å². The van der Waals surface area contributed by atoms with Crippen LogP contribution in [0.2, 0.25) is 5.02 Å². The van der Waals surface area contributed by atoms with Crippen LogP contribution in [0.25, 0.3) is 10.4 Å². The maximum absolute atomic E-state index is 12.4. The third kappa shape index (κ3) is 3.84. The maximum atomic E-state index is 12.4. The second-order valence-corrected chi connectivity index (χ2v) is 6.45. The molecule has 0 aliphatic rings. The van der Waals surface area contributed by atoms with E-state index < -0.39 is 0 Å². The molecular weight excluding hydrogens is 304 g/mol. The van der Waals surface area contributed by atoms with Crippen molar-refractivity contribution in [1.29, 1.82) is 0 Å². The fourth-order valence-electron chi connectivity index (χ4n) is 2.07. The zero-order valence-corrected chi connectivity index (χ0v) is 14.0. The second-order valence-electron chi connectivity index (χ2n) is 4.96. The van der Waals surface area contributed by atoms with Crippen molar-refractivity contribution in [3.63, 3.8) is 0 Å². The highest BCUT2D eigenvalue weighted by Crippen LogP contribution is 2.34. The molecule has 0 spiro atoms. The van der Waals surface area contributed by atoms with E-state index in [-0.39, 0.29) is 5.91 Å². The molecule has 5 heteroatoms. The van der Waals surface area contributed by atoms with Gasteiger partial charge in [0.05, 0.1) is 4.88 Å². The van der Waals surface area contributed by atoms with Crippen molar-refractivity contribution in [2.45, 2.75) is 6.92 Å². The number of hydrogen-bond acceptors (Lipinski definition) is 3. The molecule has 0 aliphatic heterocycles. The van der Waals surface area contributed by atoms with Crippen molar-refractivity contribution in [1.82, 2.24) is 10.2 Å². The normalized spacial score (nSPS) is 10.7. The number of aryl methyl sites for hydroxylation is 1. The molecule has 2 aromatic rings. The largest absolute Gasteiger partial charge is 0.340 e. The first kappa shape index (κ1) is 16.0. The molecule has 0 bridgehead atoms. The number of likely N-dealkylation sites (N-methyl/N-ethyl adjacent to an activating group) is 2. The summed E-state index contributed by atoms with van der Waals surface area (Å²) in [5.41, 5.74) is 2.16. The predicted molar refractivity (Wildman–Crippen MR) is 90.4 cm³/mol. The lowest BCUT2D eigenvalue weighted by Gasteiger charge is -2.15. The Morgan fingerprint density at radius 1 is 1.38 bits per heavy atom. The van der Waals surface area contributed by atoms with Crippen LogP contribution >= 0.6 is 22.9 Å². The lowest BCUT2D eigenvalue weighted by atomic mass is 10.1. The van der Waals surface area contributed by atoms with Crippen molar-refractivity contribution in [3.05, 3.63) is 45.8 Å². The van der Waals surface area contributed by atoms with Crippen molar-refractivity contribution >= 4 is 28.8 Å². The van der Waals surface area contributed by atoms with E-state index in [4.69, 9.17) is 11.6 Å². The number of carbonyl (C=O) groups excluding carboxylic acids is 1. The third-order valence-electron chi connectivity index (χ3n) is 3.26. The zero-order valence-electron chi connectivity index (χ0n) is 12.4. The molecule has 1 aromatic carbocycles. The Morgan fingerprint density at radius 2 is 2.14 bits per heavy atom. The summed E-state index contributed by atoms with van der Waals surface area (Å²) < 4.78 is 0. The van der Waals surface area contributed by atoms with Crippen LogP contribution in [0.4, 0.5) is 0 Å². The van der Waals surface area contributed by atoms with Gasteiger partial charge in [0.15, 0.2) is 0 Å². The van der Waals surface area contributed by atoms with E-state index in [1.165, 1.54) is 11.3 Å². The predicted octanol–water partition coefficient (Wildman–Crippen LogP) is 3.67. The first-order valence-electron chi connectivity index (χ1n) is 6.79. The molecule has 0 fully saturated rings. The summed E-state index contributed by atoms with van der Waals surface area (Å²) in [6.45, 7) is 3.50. The van der Waals surface area contributed by atoms with Crippen molar-refractivity contribution < 1.29 is 4.79 Å². The summed E-state index contributed by atoms with van der Waals surface area (Å²) in [5, 5.41) is 3.76. The van der Waals surface area contributed by atoms with Crippen LogP contribution in [-0.2, 0) is 0 Å². The van der Waals surface area contributed by atoms with Crippen LogP contribution in [0, 0.1) is 6.92 Å². The number of thiophene rings is 1. The molecule has 1 amide bonds. The minimum Gasteiger partial charge on any atom is -0.340 e. The van der Waals surface area contributed by atoms with Crippen LogP contribution in [-0.4, -0.2) is 38.0 Å².